The molecule has 2 aromatic carbocycles. The molecule has 7 heteroatoms. The molecule has 5 rings (SSSR count). The summed E-state index contributed by atoms with van der Waals surface area (Å²) < 4.78 is 2.19. The molecule has 2 aliphatic rings. The molecule has 33 heavy (non-hydrogen) atoms. The molecule has 0 spiro atoms. The number of amides is 2. The van der Waals surface area contributed by atoms with Gasteiger partial charge in [0.2, 0.25) is 11.8 Å². The molecule has 0 saturated carbocycles. The molecular formula is C26H30N4O3. The summed E-state index contributed by atoms with van der Waals surface area (Å²) in [5, 5.41) is 13.5. The van der Waals surface area contributed by atoms with Crippen molar-refractivity contribution in [2.75, 3.05) is 18.4 Å². The van der Waals surface area contributed by atoms with Crippen molar-refractivity contribution in [1.82, 2.24) is 14.5 Å². The number of piperidine rings is 1. The lowest BCUT2D eigenvalue weighted by Crippen LogP contribution is -2.41. The van der Waals surface area contributed by atoms with Gasteiger partial charge in [0.15, 0.2) is 0 Å². The normalized spacial score (nSPS) is 19.2. The molecule has 1 fully saturated rings. The Balaban J connectivity index is 1.16. The van der Waals surface area contributed by atoms with Gasteiger partial charge >= 0.3 is 0 Å². The highest BCUT2D eigenvalue weighted by molar-refractivity contribution is 5.93. The highest BCUT2D eigenvalue weighted by atomic mass is 16.3. The average molecular weight is 447 g/mol. The Hall–Kier alpha value is -3.19. The Morgan fingerprint density at radius 3 is 3.00 bits per heavy atom. The number of nitrogens with one attached hydrogen (secondary N) is 1. The van der Waals surface area contributed by atoms with Crippen molar-refractivity contribution < 1.29 is 14.7 Å². The van der Waals surface area contributed by atoms with Gasteiger partial charge in [-0.1, -0.05) is 24.3 Å². The minimum Gasteiger partial charge on any atom is -0.388 e. The number of fused-ring (bicyclic) bond motifs is 2. The van der Waals surface area contributed by atoms with Crippen LogP contribution in [-0.2, 0) is 22.6 Å². The number of hydrogen-bond acceptors (Lipinski definition) is 4. The predicted octanol–water partition coefficient (Wildman–Crippen LogP) is 3.67. The van der Waals surface area contributed by atoms with E-state index in [0.717, 1.165) is 60.3 Å². The smallest absolute Gasteiger partial charge is 0.224 e. The second-order valence-electron chi connectivity index (χ2n) is 9.25. The lowest BCUT2D eigenvalue weighted by molar-refractivity contribution is -0.133. The number of aryl methyl sites for hydroxylation is 1. The molecule has 2 aliphatic heterocycles. The van der Waals surface area contributed by atoms with Crippen LogP contribution in [0.15, 0.2) is 48.8 Å². The Morgan fingerprint density at radius 1 is 1.21 bits per heavy atom. The zero-order valence-electron chi connectivity index (χ0n) is 18.7. The maximum Gasteiger partial charge on any atom is 0.224 e. The second-order valence-corrected chi connectivity index (χ2v) is 9.25. The maximum absolute atomic E-state index is 12.9. The van der Waals surface area contributed by atoms with E-state index in [1.807, 2.05) is 47.6 Å². The molecule has 0 radical (unpaired) electrons. The van der Waals surface area contributed by atoms with Crippen molar-refractivity contribution >= 4 is 28.5 Å². The average Bonchev–Trinajstić information content (AvgIpc) is 3.25. The summed E-state index contributed by atoms with van der Waals surface area (Å²) in [4.78, 5) is 30.9. The van der Waals surface area contributed by atoms with Crippen LogP contribution in [-0.4, -0.2) is 44.5 Å². The monoisotopic (exact) mass is 446 g/mol. The molecule has 3 heterocycles. The van der Waals surface area contributed by atoms with Crippen LogP contribution in [0.4, 0.5) is 5.69 Å². The van der Waals surface area contributed by atoms with Gasteiger partial charge < -0.3 is 19.9 Å². The van der Waals surface area contributed by atoms with Crippen molar-refractivity contribution in [2.45, 2.75) is 51.2 Å². The van der Waals surface area contributed by atoms with Gasteiger partial charge in [0.25, 0.3) is 0 Å². The van der Waals surface area contributed by atoms with Crippen molar-refractivity contribution in [3.63, 3.8) is 0 Å². The summed E-state index contributed by atoms with van der Waals surface area (Å²) in [6.07, 6.45) is 5.19. The van der Waals surface area contributed by atoms with Crippen LogP contribution in [0.1, 0.15) is 49.3 Å². The number of imidazole rings is 1. The van der Waals surface area contributed by atoms with Gasteiger partial charge in [0, 0.05) is 38.2 Å². The Morgan fingerprint density at radius 2 is 2.09 bits per heavy atom. The number of aliphatic hydroxyl groups excluding tert-OH is 1. The summed E-state index contributed by atoms with van der Waals surface area (Å²) in [6.45, 7) is 2.40. The molecule has 7 nitrogen and oxygen atoms in total. The third kappa shape index (κ3) is 4.78. The van der Waals surface area contributed by atoms with Crippen LogP contribution in [0, 0.1) is 5.92 Å². The molecule has 172 valence electrons. The highest BCUT2D eigenvalue weighted by Crippen LogP contribution is 2.28. The fourth-order valence-electron chi connectivity index (χ4n) is 5.07. The highest BCUT2D eigenvalue weighted by Gasteiger charge is 2.25. The molecule has 2 amide bonds. The van der Waals surface area contributed by atoms with Crippen LogP contribution in [0.5, 0.6) is 0 Å². The SMILES string of the molecule is O=C1CCc2cc(C(O)CCC(=O)N3CCCC(Cn4cnc5ccccc54)C3)ccc2N1. The van der Waals surface area contributed by atoms with Crippen molar-refractivity contribution in [3.05, 3.63) is 59.9 Å². The van der Waals surface area contributed by atoms with Gasteiger partial charge in [0.1, 0.15) is 0 Å². The molecule has 2 N–H and O–H groups in total. The van der Waals surface area contributed by atoms with E-state index in [4.69, 9.17) is 0 Å². The van der Waals surface area contributed by atoms with E-state index >= 15 is 0 Å². The number of benzene rings is 2. The summed E-state index contributed by atoms with van der Waals surface area (Å²) in [6, 6.07) is 13.8. The van der Waals surface area contributed by atoms with E-state index in [-0.39, 0.29) is 11.8 Å². The summed E-state index contributed by atoms with van der Waals surface area (Å²) in [5.41, 5.74) is 4.81. The van der Waals surface area contributed by atoms with Gasteiger partial charge in [-0.25, -0.2) is 4.98 Å². The quantitative estimate of drug-likeness (QED) is 0.605. The number of aromatic nitrogens is 2. The molecule has 2 unspecified atom stereocenters. The lowest BCUT2D eigenvalue weighted by atomic mass is 9.95. The fourth-order valence-corrected chi connectivity index (χ4v) is 5.07. The van der Waals surface area contributed by atoms with Crippen molar-refractivity contribution in [3.8, 4) is 0 Å². The first-order valence-corrected chi connectivity index (χ1v) is 11.9. The van der Waals surface area contributed by atoms with E-state index in [0.29, 0.717) is 31.6 Å². The summed E-state index contributed by atoms with van der Waals surface area (Å²) >= 11 is 0. The molecule has 3 aromatic rings. The number of hydrogen-bond donors (Lipinski definition) is 2. The van der Waals surface area contributed by atoms with Gasteiger partial charge in [0.05, 0.1) is 23.5 Å². The van der Waals surface area contributed by atoms with Gasteiger partial charge in [-0.15, -0.1) is 0 Å². The number of anilines is 1. The van der Waals surface area contributed by atoms with Crippen LogP contribution >= 0.6 is 0 Å². The van der Waals surface area contributed by atoms with Crippen LogP contribution in [0.2, 0.25) is 0 Å². The first kappa shape index (κ1) is 21.6. The molecule has 2 atom stereocenters. The Labute approximate surface area is 193 Å². The Bertz CT molecular complexity index is 1170. The first-order chi connectivity index (χ1) is 16.1. The third-order valence-electron chi connectivity index (χ3n) is 6.90. The summed E-state index contributed by atoms with van der Waals surface area (Å²) in [5.74, 6) is 0.544. The summed E-state index contributed by atoms with van der Waals surface area (Å²) in [7, 11) is 0. The van der Waals surface area contributed by atoms with Gasteiger partial charge in [-0.05, 0) is 60.9 Å². The number of aliphatic hydroxyl groups is 1. The largest absolute Gasteiger partial charge is 0.388 e. The first-order valence-electron chi connectivity index (χ1n) is 11.9. The van der Waals surface area contributed by atoms with Crippen LogP contribution in [0.25, 0.3) is 11.0 Å². The van der Waals surface area contributed by atoms with Gasteiger partial charge in [-0.3, -0.25) is 9.59 Å². The second kappa shape index (κ2) is 9.35. The number of carbonyl (C=O) groups is 2. The molecule has 0 aliphatic carbocycles. The van der Waals surface area contributed by atoms with E-state index < -0.39 is 6.10 Å². The van der Waals surface area contributed by atoms with Gasteiger partial charge in [-0.2, -0.15) is 0 Å². The van der Waals surface area contributed by atoms with Crippen molar-refractivity contribution in [2.24, 2.45) is 5.92 Å². The maximum atomic E-state index is 12.9. The van der Waals surface area contributed by atoms with E-state index in [1.54, 1.807) is 0 Å². The lowest BCUT2D eigenvalue weighted by Gasteiger charge is -2.33. The van der Waals surface area contributed by atoms with Crippen LogP contribution in [0.3, 0.4) is 0 Å². The number of rotatable bonds is 6. The number of para-hydroxylation sites is 2. The van der Waals surface area contributed by atoms with Crippen molar-refractivity contribution in [1.29, 1.82) is 0 Å². The Kier molecular flexibility index (Phi) is 6.13. The molecule has 1 aromatic heterocycles. The molecule has 1 saturated heterocycles. The topological polar surface area (TPSA) is 87.5 Å². The zero-order valence-corrected chi connectivity index (χ0v) is 18.7. The molecular weight excluding hydrogens is 416 g/mol. The molecule has 0 bridgehead atoms. The minimum atomic E-state index is -0.685. The predicted molar refractivity (Wildman–Crippen MR) is 127 cm³/mol. The fraction of sp³-hybridized carbons (Fsp3) is 0.423. The number of nitrogens with zero attached hydrogens (tertiary/aromatic N) is 3. The number of carbonyl (C=O) groups excluding carboxylic acids is 2. The van der Waals surface area contributed by atoms with E-state index in [9.17, 15) is 14.7 Å². The number of likely N-dealkylation sites (tertiary alicyclic amines) is 1. The third-order valence-corrected chi connectivity index (χ3v) is 6.90. The van der Waals surface area contributed by atoms with Crippen LogP contribution < -0.4 is 5.32 Å². The standard InChI is InChI=1S/C26H30N4O3/c31-24(20-7-9-21-19(14-20)8-11-25(32)28-21)10-12-26(33)29-13-3-4-18(15-29)16-30-17-27-22-5-1-2-6-23(22)30/h1-2,5-7,9,14,17-18,24,31H,3-4,8,10-13,15-16H2,(H,28,32). The van der Waals surface area contributed by atoms with E-state index in [2.05, 4.69) is 20.9 Å². The zero-order chi connectivity index (χ0) is 22.8. The minimum absolute atomic E-state index is 0.0301. The van der Waals surface area contributed by atoms with E-state index in [1.165, 1.54) is 0 Å².